The molecule has 1 amide bonds. The van der Waals surface area contributed by atoms with E-state index in [1.54, 1.807) is 13.0 Å². The van der Waals surface area contributed by atoms with Gasteiger partial charge in [-0.25, -0.2) is 4.98 Å². The summed E-state index contributed by atoms with van der Waals surface area (Å²) in [7, 11) is 0. The van der Waals surface area contributed by atoms with Crippen molar-refractivity contribution in [3.8, 4) is 6.07 Å². The Morgan fingerprint density at radius 3 is 2.74 bits per heavy atom. The van der Waals surface area contributed by atoms with Gasteiger partial charge < -0.3 is 10.6 Å². The first-order valence-electron chi connectivity index (χ1n) is 6.04. The molecule has 2 N–H and O–H groups in total. The minimum Gasteiger partial charge on any atom is -0.359 e. The third kappa shape index (κ3) is 5.14. The highest BCUT2D eigenvalue weighted by atomic mass is 35.5. The van der Waals surface area contributed by atoms with Gasteiger partial charge in [-0.05, 0) is 25.0 Å². The van der Waals surface area contributed by atoms with Crippen molar-refractivity contribution in [2.75, 3.05) is 11.9 Å². The number of hydrogen-bond acceptors (Lipinski definition) is 4. The molecule has 5 nitrogen and oxygen atoms in total. The summed E-state index contributed by atoms with van der Waals surface area (Å²) in [5.74, 6) is 0.691. The molecule has 0 radical (unpaired) electrons. The second-order valence-electron chi connectivity index (χ2n) is 4.68. The smallest absolute Gasteiger partial charge is 0.242 e. The average Bonchev–Trinajstić information content (AvgIpc) is 2.34. The number of hydrogen-bond donors (Lipinski definition) is 2. The number of rotatable bonds is 5. The molecule has 1 aromatic rings. The van der Waals surface area contributed by atoms with E-state index >= 15 is 0 Å². The predicted octanol–water partition coefficient (Wildman–Crippen LogP) is 2.18. The number of pyridine rings is 1. The maximum Gasteiger partial charge on any atom is 0.242 e. The van der Waals surface area contributed by atoms with Crippen LogP contribution in [0, 0.1) is 17.2 Å². The van der Waals surface area contributed by atoms with Crippen molar-refractivity contribution < 1.29 is 4.79 Å². The van der Waals surface area contributed by atoms with Crippen LogP contribution in [0.4, 0.5) is 5.82 Å². The van der Waals surface area contributed by atoms with E-state index in [2.05, 4.69) is 15.6 Å². The molecule has 0 aliphatic rings. The Kier molecular flexibility index (Phi) is 5.58. The summed E-state index contributed by atoms with van der Waals surface area (Å²) >= 11 is 5.79. The van der Waals surface area contributed by atoms with Crippen molar-refractivity contribution in [3.05, 3.63) is 22.8 Å². The summed E-state index contributed by atoms with van der Waals surface area (Å²) in [5, 5.41) is 14.8. The van der Waals surface area contributed by atoms with E-state index in [0.29, 0.717) is 23.8 Å². The first kappa shape index (κ1) is 15.3. The maximum absolute atomic E-state index is 11.8. The number of aromatic nitrogens is 1. The van der Waals surface area contributed by atoms with Gasteiger partial charge in [0.15, 0.2) is 0 Å². The normalized spacial score (nSPS) is 11.8. The maximum atomic E-state index is 11.8. The number of amides is 1. The van der Waals surface area contributed by atoms with Crippen molar-refractivity contribution in [1.82, 2.24) is 10.3 Å². The number of carbonyl (C=O) groups is 1. The number of carbonyl (C=O) groups excluding carboxylic acids is 1. The van der Waals surface area contributed by atoms with Gasteiger partial charge in [0.05, 0.1) is 11.6 Å². The molecule has 0 bridgehead atoms. The average molecular weight is 281 g/mol. The standard InChI is InChI=1S/C13H17ClN4O/c1-8(2)7-16-13(19)9(3)17-12-5-10(6-15)4-11(14)18-12/h4-5,8-9H,7H2,1-3H3,(H,16,19)(H,17,18). The summed E-state index contributed by atoms with van der Waals surface area (Å²) in [6, 6.07) is 4.56. The molecule has 19 heavy (non-hydrogen) atoms. The molecule has 0 fully saturated rings. The Hall–Kier alpha value is -1.80. The van der Waals surface area contributed by atoms with Crippen LogP contribution in [-0.2, 0) is 4.79 Å². The topological polar surface area (TPSA) is 77.8 Å². The monoisotopic (exact) mass is 280 g/mol. The van der Waals surface area contributed by atoms with E-state index in [1.165, 1.54) is 6.07 Å². The van der Waals surface area contributed by atoms with Crippen LogP contribution >= 0.6 is 11.6 Å². The van der Waals surface area contributed by atoms with Gasteiger partial charge in [0, 0.05) is 6.54 Å². The Bertz CT molecular complexity index is 496. The van der Waals surface area contributed by atoms with E-state index in [4.69, 9.17) is 16.9 Å². The van der Waals surface area contributed by atoms with E-state index in [1.807, 2.05) is 19.9 Å². The van der Waals surface area contributed by atoms with E-state index in [9.17, 15) is 4.79 Å². The minimum absolute atomic E-state index is 0.117. The van der Waals surface area contributed by atoms with Crippen molar-refractivity contribution >= 4 is 23.3 Å². The molecule has 1 unspecified atom stereocenters. The van der Waals surface area contributed by atoms with Crippen LogP contribution in [0.5, 0.6) is 0 Å². The fraction of sp³-hybridized carbons (Fsp3) is 0.462. The third-order valence-electron chi connectivity index (χ3n) is 2.37. The molecule has 1 rings (SSSR count). The number of nitriles is 1. The van der Waals surface area contributed by atoms with Crippen molar-refractivity contribution in [2.24, 2.45) is 5.92 Å². The Balaban J connectivity index is 2.66. The molecule has 0 saturated heterocycles. The Morgan fingerprint density at radius 2 is 2.16 bits per heavy atom. The summed E-state index contributed by atoms with van der Waals surface area (Å²) in [6.07, 6.45) is 0. The first-order chi connectivity index (χ1) is 8.92. The highest BCUT2D eigenvalue weighted by Gasteiger charge is 2.13. The Labute approximate surface area is 118 Å². The Morgan fingerprint density at radius 1 is 1.47 bits per heavy atom. The van der Waals surface area contributed by atoms with Crippen LogP contribution in [0.2, 0.25) is 5.15 Å². The quantitative estimate of drug-likeness (QED) is 0.811. The fourth-order valence-electron chi connectivity index (χ4n) is 1.38. The van der Waals surface area contributed by atoms with Crippen LogP contribution in [0.25, 0.3) is 0 Å². The summed E-state index contributed by atoms with van der Waals surface area (Å²) in [6.45, 7) is 6.40. The minimum atomic E-state index is -0.448. The molecule has 0 saturated carbocycles. The molecule has 1 heterocycles. The van der Waals surface area contributed by atoms with Gasteiger partial charge in [-0.15, -0.1) is 0 Å². The van der Waals surface area contributed by atoms with Gasteiger partial charge in [-0.2, -0.15) is 5.26 Å². The van der Waals surface area contributed by atoms with Gasteiger partial charge in [0.1, 0.15) is 17.0 Å². The molecule has 0 aromatic carbocycles. The highest BCUT2D eigenvalue weighted by molar-refractivity contribution is 6.29. The second-order valence-corrected chi connectivity index (χ2v) is 5.07. The van der Waals surface area contributed by atoms with E-state index in [-0.39, 0.29) is 11.1 Å². The SMILES string of the molecule is CC(C)CNC(=O)C(C)Nc1cc(C#N)cc(Cl)n1. The summed E-state index contributed by atoms with van der Waals surface area (Å²) in [5.41, 5.74) is 0.400. The molecule has 0 aliphatic heterocycles. The predicted molar refractivity (Wildman–Crippen MR) is 74.9 cm³/mol. The second kappa shape index (κ2) is 6.95. The number of halogens is 1. The van der Waals surface area contributed by atoms with Gasteiger partial charge in [0.25, 0.3) is 0 Å². The summed E-state index contributed by atoms with van der Waals surface area (Å²) in [4.78, 5) is 15.8. The van der Waals surface area contributed by atoms with E-state index < -0.39 is 6.04 Å². The molecule has 0 spiro atoms. The number of anilines is 1. The van der Waals surface area contributed by atoms with Gasteiger partial charge >= 0.3 is 0 Å². The lowest BCUT2D eigenvalue weighted by molar-refractivity contribution is -0.121. The zero-order chi connectivity index (χ0) is 14.4. The van der Waals surface area contributed by atoms with Crippen LogP contribution in [0.15, 0.2) is 12.1 Å². The third-order valence-corrected chi connectivity index (χ3v) is 2.56. The molecule has 0 aliphatic carbocycles. The number of nitrogens with zero attached hydrogens (tertiary/aromatic N) is 2. The molecular formula is C13H17ClN4O. The first-order valence-corrected chi connectivity index (χ1v) is 6.42. The zero-order valence-electron chi connectivity index (χ0n) is 11.2. The van der Waals surface area contributed by atoms with Crippen molar-refractivity contribution in [2.45, 2.75) is 26.8 Å². The lowest BCUT2D eigenvalue weighted by Gasteiger charge is -2.15. The highest BCUT2D eigenvalue weighted by Crippen LogP contribution is 2.14. The van der Waals surface area contributed by atoms with Crippen molar-refractivity contribution in [3.63, 3.8) is 0 Å². The van der Waals surface area contributed by atoms with Crippen LogP contribution in [0.1, 0.15) is 26.3 Å². The molecular weight excluding hydrogens is 264 g/mol. The van der Waals surface area contributed by atoms with Crippen LogP contribution in [-0.4, -0.2) is 23.5 Å². The fourth-order valence-corrected chi connectivity index (χ4v) is 1.59. The molecule has 6 heteroatoms. The summed E-state index contributed by atoms with van der Waals surface area (Å²) < 4.78 is 0. The van der Waals surface area contributed by atoms with E-state index in [0.717, 1.165) is 0 Å². The van der Waals surface area contributed by atoms with Crippen LogP contribution < -0.4 is 10.6 Å². The van der Waals surface area contributed by atoms with Gasteiger partial charge in [-0.1, -0.05) is 25.4 Å². The van der Waals surface area contributed by atoms with Crippen molar-refractivity contribution in [1.29, 1.82) is 5.26 Å². The molecule has 1 atom stereocenters. The molecule has 1 aromatic heterocycles. The zero-order valence-corrected chi connectivity index (χ0v) is 12.0. The lowest BCUT2D eigenvalue weighted by Crippen LogP contribution is -2.39. The van der Waals surface area contributed by atoms with Gasteiger partial charge in [-0.3, -0.25) is 4.79 Å². The van der Waals surface area contributed by atoms with Gasteiger partial charge in [0.2, 0.25) is 5.91 Å². The molecule has 102 valence electrons. The lowest BCUT2D eigenvalue weighted by atomic mass is 10.2. The number of nitrogens with one attached hydrogen (secondary N) is 2. The largest absolute Gasteiger partial charge is 0.359 e. The van der Waals surface area contributed by atoms with Crippen LogP contribution in [0.3, 0.4) is 0 Å².